The molecule has 0 spiro atoms. The smallest absolute Gasteiger partial charge is 0.261 e. The van der Waals surface area contributed by atoms with E-state index < -0.39 is 6.10 Å². The fourth-order valence-electron chi connectivity index (χ4n) is 2.07. The zero-order chi connectivity index (χ0) is 15.1. The van der Waals surface area contributed by atoms with Crippen LogP contribution >= 0.6 is 0 Å². The normalized spacial score (nSPS) is 11.7. The molecule has 0 aliphatic rings. The molecule has 1 N–H and O–H groups in total. The van der Waals surface area contributed by atoms with Crippen molar-refractivity contribution in [1.29, 1.82) is 0 Å². The van der Waals surface area contributed by atoms with Crippen molar-refractivity contribution in [3.63, 3.8) is 0 Å². The van der Waals surface area contributed by atoms with Crippen LogP contribution < -0.4 is 10.1 Å². The summed E-state index contributed by atoms with van der Waals surface area (Å²) < 4.78 is 5.78. The van der Waals surface area contributed by atoms with Gasteiger partial charge in [0, 0.05) is 6.54 Å². The van der Waals surface area contributed by atoms with Crippen molar-refractivity contribution in [3.05, 3.63) is 65.7 Å². The predicted octanol–water partition coefficient (Wildman–Crippen LogP) is 3.47. The molecule has 110 valence electrons. The molecule has 0 fully saturated rings. The number of rotatable bonds is 6. The number of aryl methyl sites for hydroxylation is 1. The average Bonchev–Trinajstić information content (AvgIpc) is 2.51. The van der Waals surface area contributed by atoms with E-state index in [9.17, 15) is 4.79 Å². The van der Waals surface area contributed by atoms with Gasteiger partial charge in [-0.25, -0.2) is 0 Å². The lowest BCUT2D eigenvalue weighted by Crippen LogP contribution is -2.37. The molecule has 0 saturated heterocycles. The van der Waals surface area contributed by atoms with Crippen LogP contribution in [0.15, 0.2) is 54.6 Å². The molecule has 0 aliphatic carbocycles. The molecule has 0 unspecified atom stereocenters. The summed E-state index contributed by atoms with van der Waals surface area (Å²) in [6.07, 6.45) is 0.171. The fourth-order valence-corrected chi connectivity index (χ4v) is 2.07. The Morgan fingerprint density at radius 2 is 1.90 bits per heavy atom. The van der Waals surface area contributed by atoms with Crippen LogP contribution in [-0.2, 0) is 11.3 Å². The molecule has 1 atom stereocenters. The van der Waals surface area contributed by atoms with Crippen molar-refractivity contribution in [1.82, 2.24) is 5.32 Å². The molecule has 3 heteroatoms. The summed E-state index contributed by atoms with van der Waals surface area (Å²) in [6.45, 7) is 4.47. The fraction of sp³-hybridized carbons (Fsp3) is 0.278. The highest BCUT2D eigenvalue weighted by molar-refractivity contribution is 5.81. The zero-order valence-electron chi connectivity index (χ0n) is 12.5. The topological polar surface area (TPSA) is 38.3 Å². The van der Waals surface area contributed by atoms with Crippen LogP contribution in [0.5, 0.6) is 5.75 Å². The third kappa shape index (κ3) is 4.63. The number of benzene rings is 2. The van der Waals surface area contributed by atoms with Crippen LogP contribution in [0.4, 0.5) is 0 Å². The Bertz CT molecular complexity index is 581. The van der Waals surface area contributed by atoms with Crippen LogP contribution in [0, 0.1) is 6.92 Å². The molecule has 2 aromatic carbocycles. The molecule has 0 radical (unpaired) electrons. The molecule has 21 heavy (non-hydrogen) atoms. The number of amides is 1. The van der Waals surface area contributed by atoms with Crippen LogP contribution in [0.2, 0.25) is 0 Å². The second kappa shape index (κ2) is 7.48. The summed E-state index contributed by atoms with van der Waals surface area (Å²) in [5.41, 5.74) is 2.20. The maximum absolute atomic E-state index is 12.2. The number of ether oxygens (including phenoxy) is 1. The molecule has 0 bridgehead atoms. The van der Waals surface area contributed by atoms with E-state index in [0.717, 1.165) is 16.9 Å². The molecule has 0 saturated carbocycles. The Morgan fingerprint density at radius 1 is 1.14 bits per heavy atom. The van der Waals surface area contributed by atoms with E-state index in [0.29, 0.717) is 13.0 Å². The number of hydrogen-bond acceptors (Lipinski definition) is 2. The van der Waals surface area contributed by atoms with Gasteiger partial charge in [-0.15, -0.1) is 0 Å². The molecule has 0 aromatic heterocycles. The minimum atomic E-state index is -0.462. The van der Waals surface area contributed by atoms with Crippen molar-refractivity contribution in [2.75, 3.05) is 0 Å². The number of nitrogens with one attached hydrogen (secondary N) is 1. The van der Waals surface area contributed by atoms with E-state index in [-0.39, 0.29) is 5.91 Å². The van der Waals surface area contributed by atoms with E-state index in [1.54, 1.807) is 0 Å². The lowest BCUT2D eigenvalue weighted by atomic mass is 10.2. The van der Waals surface area contributed by atoms with Crippen molar-refractivity contribution < 1.29 is 9.53 Å². The summed E-state index contributed by atoms with van der Waals surface area (Å²) in [5, 5.41) is 2.92. The molecule has 3 nitrogen and oxygen atoms in total. The highest BCUT2D eigenvalue weighted by Crippen LogP contribution is 2.15. The van der Waals surface area contributed by atoms with Crippen LogP contribution in [0.1, 0.15) is 24.5 Å². The first-order valence-corrected chi connectivity index (χ1v) is 7.24. The second-order valence-corrected chi connectivity index (χ2v) is 5.03. The Morgan fingerprint density at radius 3 is 2.57 bits per heavy atom. The number of carbonyl (C=O) groups excluding carboxylic acids is 1. The lowest BCUT2D eigenvalue weighted by molar-refractivity contribution is -0.128. The van der Waals surface area contributed by atoms with Crippen LogP contribution in [-0.4, -0.2) is 12.0 Å². The number of carbonyl (C=O) groups is 1. The third-order valence-corrected chi connectivity index (χ3v) is 3.24. The highest BCUT2D eigenvalue weighted by Gasteiger charge is 2.17. The van der Waals surface area contributed by atoms with Gasteiger partial charge in [-0.3, -0.25) is 4.79 Å². The van der Waals surface area contributed by atoms with E-state index in [1.807, 2.05) is 68.4 Å². The standard InChI is InChI=1S/C18H21NO2/c1-3-17(21-16-11-7-8-14(2)12-16)18(20)19-13-15-9-5-4-6-10-15/h4-12,17H,3,13H2,1-2H3,(H,19,20)/t17-/m1/s1. The van der Waals surface area contributed by atoms with Crippen molar-refractivity contribution in [2.24, 2.45) is 0 Å². The quantitative estimate of drug-likeness (QED) is 0.881. The van der Waals surface area contributed by atoms with Gasteiger partial charge in [-0.2, -0.15) is 0 Å². The van der Waals surface area contributed by atoms with Gasteiger partial charge in [0.25, 0.3) is 5.91 Å². The summed E-state index contributed by atoms with van der Waals surface area (Å²) in [4.78, 5) is 12.2. The van der Waals surface area contributed by atoms with Gasteiger partial charge in [-0.1, -0.05) is 49.4 Å². The largest absolute Gasteiger partial charge is 0.481 e. The highest BCUT2D eigenvalue weighted by atomic mass is 16.5. The van der Waals surface area contributed by atoms with Gasteiger partial charge in [0.05, 0.1) is 0 Å². The molecule has 2 aromatic rings. The monoisotopic (exact) mass is 283 g/mol. The summed E-state index contributed by atoms with van der Waals surface area (Å²) in [7, 11) is 0. The first kappa shape index (κ1) is 15.1. The van der Waals surface area contributed by atoms with Gasteiger partial charge in [0.2, 0.25) is 0 Å². The van der Waals surface area contributed by atoms with Crippen molar-refractivity contribution in [3.8, 4) is 5.75 Å². The van der Waals surface area contributed by atoms with Crippen LogP contribution in [0.25, 0.3) is 0 Å². The summed E-state index contributed by atoms with van der Waals surface area (Å²) in [5.74, 6) is 0.652. The Hall–Kier alpha value is -2.29. The van der Waals surface area contributed by atoms with Gasteiger partial charge in [-0.05, 0) is 36.6 Å². The molecule has 0 heterocycles. The van der Waals surface area contributed by atoms with E-state index in [2.05, 4.69) is 5.32 Å². The summed E-state index contributed by atoms with van der Waals surface area (Å²) in [6, 6.07) is 17.6. The maximum Gasteiger partial charge on any atom is 0.261 e. The predicted molar refractivity (Wildman–Crippen MR) is 84.2 cm³/mol. The molecular formula is C18H21NO2. The number of hydrogen-bond donors (Lipinski definition) is 1. The Balaban J connectivity index is 1.92. The molecule has 0 aliphatic heterocycles. The Kier molecular flexibility index (Phi) is 5.38. The van der Waals surface area contributed by atoms with E-state index in [4.69, 9.17) is 4.74 Å². The van der Waals surface area contributed by atoms with E-state index >= 15 is 0 Å². The molecule has 2 rings (SSSR count). The second-order valence-electron chi connectivity index (χ2n) is 5.03. The van der Waals surface area contributed by atoms with Crippen molar-refractivity contribution >= 4 is 5.91 Å². The average molecular weight is 283 g/mol. The maximum atomic E-state index is 12.2. The Labute approximate surface area is 126 Å². The van der Waals surface area contributed by atoms with Gasteiger partial charge < -0.3 is 10.1 Å². The minimum Gasteiger partial charge on any atom is -0.481 e. The van der Waals surface area contributed by atoms with Gasteiger partial charge in [0.1, 0.15) is 5.75 Å². The van der Waals surface area contributed by atoms with E-state index in [1.165, 1.54) is 0 Å². The molecule has 1 amide bonds. The van der Waals surface area contributed by atoms with Gasteiger partial charge >= 0.3 is 0 Å². The first-order chi connectivity index (χ1) is 10.2. The summed E-state index contributed by atoms with van der Waals surface area (Å²) >= 11 is 0. The third-order valence-electron chi connectivity index (χ3n) is 3.24. The van der Waals surface area contributed by atoms with Crippen molar-refractivity contribution in [2.45, 2.75) is 32.9 Å². The molecular weight excluding hydrogens is 262 g/mol. The van der Waals surface area contributed by atoms with Crippen LogP contribution in [0.3, 0.4) is 0 Å². The minimum absolute atomic E-state index is 0.0807. The lowest BCUT2D eigenvalue weighted by Gasteiger charge is -2.17. The van der Waals surface area contributed by atoms with Gasteiger partial charge in [0.15, 0.2) is 6.10 Å². The zero-order valence-corrected chi connectivity index (χ0v) is 12.5. The first-order valence-electron chi connectivity index (χ1n) is 7.24. The SMILES string of the molecule is CC[C@@H](Oc1cccc(C)c1)C(=O)NCc1ccccc1.